The van der Waals surface area contributed by atoms with Crippen LogP contribution in [0.2, 0.25) is 0 Å². The number of hydrogen-bond acceptors (Lipinski definition) is 6. The molecule has 3 rings (SSSR count). The Labute approximate surface area is 124 Å². The van der Waals surface area contributed by atoms with Gasteiger partial charge in [0.25, 0.3) is 0 Å². The predicted octanol–water partition coefficient (Wildman–Crippen LogP) is 2.86. The topological polar surface area (TPSA) is 91.8 Å². The molecule has 0 unspecified atom stereocenters. The lowest BCUT2D eigenvalue weighted by molar-refractivity contribution is -0.402. The second kappa shape index (κ2) is 5.36. The van der Waals surface area contributed by atoms with Crippen LogP contribution in [0.5, 0.6) is 11.5 Å². The number of benzene rings is 1. The van der Waals surface area contributed by atoms with E-state index in [1.165, 1.54) is 25.3 Å². The average molecular weight is 301 g/mol. The summed E-state index contributed by atoms with van der Waals surface area (Å²) >= 11 is 0. The summed E-state index contributed by atoms with van der Waals surface area (Å²) < 4.78 is 15.6. The van der Waals surface area contributed by atoms with Crippen LogP contribution in [0.15, 0.2) is 40.3 Å². The number of carbonyl (C=O) groups is 1. The third-order valence-corrected chi connectivity index (χ3v) is 3.22. The maximum atomic E-state index is 12.4. The molecule has 0 spiro atoms. The number of rotatable bonds is 3. The highest BCUT2D eigenvalue weighted by molar-refractivity contribution is 6.14. The first kappa shape index (κ1) is 13.9. The molecule has 0 N–H and O–H groups in total. The van der Waals surface area contributed by atoms with Crippen molar-refractivity contribution in [3.63, 3.8) is 0 Å². The molecule has 0 fully saturated rings. The van der Waals surface area contributed by atoms with E-state index in [4.69, 9.17) is 13.9 Å². The van der Waals surface area contributed by atoms with Crippen molar-refractivity contribution in [2.45, 2.75) is 0 Å². The van der Waals surface area contributed by atoms with Gasteiger partial charge in [0.05, 0.1) is 18.7 Å². The Morgan fingerprint density at radius 1 is 1.32 bits per heavy atom. The van der Waals surface area contributed by atoms with Gasteiger partial charge in [0.15, 0.2) is 5.78 Å². The summed E-state index contributed by atoms with van der Waals surface area (Å²) in [5.41, 5.74) is 0.779. The molecule has 2 heterocycles. The van der Waals surface area contributed by atoms with E-state index >= 15 is 0 Å². The zero-order chi connectivity index (χ0) is 15.7. The maximum Gasteiger partial charge on any atom is 0.433 e. The zero-order valence-corrected chi connectivity index (χ0v) is 11.6. The lowest BCUT2D eigenvalue weighted by Gasteiger charge is -2.19. The predicted molar refractivity (Wildman–Crippen MR) is 76.2 cm³/mol. The van der Waals surface area contributed by atoms with Crippen LogP contribution in [-0.4, -0.2) is 24.4 Å². The summed E-state index contributed by atoms with van der Waals surface area (Å²) in [6.07, 6.45) is 1.45. The van der Waals surface area contributed by atoms with E-state index in [-0.39, 0.29) is 24.0 Å². The van der Waals surface area contributed by atoms with Crippen molar-refractivity contribution in [2.75, 3.05) is 13.7 Å². The third-order valence-electron chi connectivity index (χ3n) is 3.22. The molecule has 0 saturated heterocycles. The van der Waals surface area contributed by atoms with Gasteiger partial charge in [-0.15, -0.1) is 0 Å². The number of ether oxygens (including phenoxy) is 2. The molecule has 1 aromatic carbocycles. The Morgan fingerprint density at radius 3 is 2.82 bits per heavy atom. The molecule has 7 nitrogen and oxygen atoms in total. The number of fused-ring (bicyclic) bond motifs is 1. The van der Waals surface area contributed by atoms with E-state index in [0.717, 1.165) is 0 Å². The highest BCUT2D eigenvalue weighted by Gasteiger charge is 2.24. The van der Waals surface area contributed by atoms with E-state index in [0.29, 0.717) is 22.6 Å². The van der Waals surface area contributed by atoms with Crippen molar-refractivity contribution in [3.8, 4) is 11.5 Å². The number of ketones is 1. The van der Waals surface area contributed by atoms with Crippen molar-refractivity contribution >= 4 is 17.7 Å². The summed E-state index contributed by atoms with van der Waals surface area (Å²) in [5, 5.41) is 10.6. The highest BCUT2D eigenvalue weighted by atomic mass is 16.6. The molecule has 2 aromatic rings. The van der Waals surface area contributed by atoms with Crippen LogP contribution in [0.3, 0.4) is 0 Å². The zero-order valence-electron chi connectivity index (χ0n) is 11.6. The fourth-order valence-electron chi connectivity index (χ4n) is 2.13. The molecule has 0 bridgehead atoms. The summed E-state index contributed by atoms with van der Waals surface area (Å²) in [6, 6.07) is 7.60. The van der Waals surface area contributed by atoms with Gasteiger partial charge in [-0.3, -0.25) is 14.9 Å². The molecule has 1 aromatic heterocycles. The molecule has 0 saturated carbocycles. The van der Waals surface area contributed by atoms with E-state index in [1.807, 2.05) is 0 Å². The van der Waals surface area contributed by atoms with Gasteiger partial charge in [0, 0.05) is 11.6 Å². The van der Waals surface area contributed by atoms with Crippen LogP contribution < -0.4 is 9.47 Å². The number of furan rings is 1. The maximum absolute atomic E-state index is 12.4. The number of nitrogens with zero attached hydrogens (tertiary/aromatic N) is 1. The Hall–Kier alpha value is -3.09. The quantitative estimate of drug-likeness (QED) is 0.491. The van der Waals surface area contributed by atoms with Crippen LogP contribution >= 0.6 is 0 Å². The van der Waals surface area contributed by atoms with Crippen LogP contribution in [0.25, 0.3) is 6.08 Å². The van der Waals surface area contributed by atoms with Crippen LogP contribution in [0.1, 0.15) is 16.1 Å². The minimum Gasteiger partial charge on any atom is -0.497 e. The van der Waals surface area contributed by atoms with Gasteiger partial charge in [-0.05, 0) is 24.3 Å². The largest absolute Gasteiger partial charge is 0.497 e. The van der Waals surface area contributed by atoms with Crippen molar-refractivity contribution < 1.29 is 23.6 Å². The summed E-state index contributed by atoms with van der Waals surface area (Å²) in [6.45, 7) is 0.0630. The van der Waals surface area contributed by atoms with Gasteiger partial charge >= 0.3 is 5.88 Å². The first-order valence-electron chi connectivity index (χ1n) is 6.39. The Balaban J connectivity index is 1.91. The summed E-state index contributed by atoms with van der Waals surface area (Å²) in [4.78, 5) is 22.3. The van der Waals surface area contributed by atoms with Crippen LogP contribution in [0, 0.1) is 10.1 Å². The summed E-state index contributed by atoms with van der Waals surface area (Å²) in [7, 11) is 1.53. The lowest BCUT2D eigenvalue weighted by Crippen LogP contribution is -2.19. The Morgan fingerprint density at radius 2 is 2.14 bits per heavy atom. The van der Waals surface area contributed by atoms with Crippen LogP contribution in [0.4, 0.5) is 5.88 Å². The molecule has 0 atom stereocenters. The number of nitro groups is 1. The average Bonchev–Trinajstić information content (AvgIpc) is 2.98. The first-order valence-corrected chi connectivity index (χ1v) is 6.39. The minimum absolute atomic E-state index is 0.0630. The van der Waals surface area contributed by atoms with Crippen molar-refractivity contribution in [1.82, 2.24) is 0 Å². The van der Waals surface area contributed by atoms with E-state index in [9.17, 15) is 14.9 Å². The van der Waals surface area contributed by atoms with Gasteiger partial charge in [-0.1, -0.05) is 0 Å². The molecule has 0 aliphatic carbocycles. The molecule has 1 aliphatic heterocycles. The second-order valence-electron chi connectivity index (χ2n) is 4.58. The van der Waals surface area contributed by atoms with Gasteiger partial charge in [-0.2, -0.15) is 0 Å². The summed E-state index contributed by atoms with van der Waals surface area (Å²) in [5.74, 6) is 0.701. The van der Waals surface area contributed by atoms with Gasteiger partial charge in [0.1, 0.15) is 28.8 Å². The fourth-order valence-corrected chi connectivity index (χ4v) is 2.13. The van der Waals surface area contributed by atoms with Gasteiger partial charge in [-0.25, -0.2) is 0 Å². The molecule has 7 heteroatoms. The number of hydrogen-bond donors (Lipinski definition) is 0. The Kier molecular flexibility index (Phi) is 3.38. The molecule has 0 amide bonds. The second-order valence-corrected chi connectivity index (χ2v) is 4.58. The number of methoxy groups -OCH3 is 1. The van der Waals surface area contributed by atoms with E-state index in [1.54, 1.807) is 18.2 Å². The van der Waals surface area contributed by atoms with Gasteiger partial charge in [0.2, 0.25) is 0 Å². The third kappa shape index (κ3) is 2.44. The van der Waals surface area contributed by atoms with Crippen LogP contribution in [-0.2, 0) is 0 Å². The number of carbonyl (C=O) groups excluding carboxylic acids is 1. The smallest absolute Gasteiger partial charge is 0.433 e. The van der Waals surface area contributed by atoms with Gasteiger partial charge < -0.3 is 13.9 Å². The number of Topliss-reactive ketones (excluding diaryl/α,β-unsaturated/α-hetero) is 1. The standard InChI is InChI=1S/C15H11NO6/c1-20-10-2-4-12-13(7-10)21-8-9(15(12)17)6-11-3-5-14(22-11)16(18)19/h2-7H,8H2,1H3/b9-6-. The molecule has 0 radical (unpaired) electrons. The molecule has 1 aliphatic rings. The first-order chi connectivity index (χ1) is 10.6. The SMILES string of the molecule is COc1ccc2c(c1)OC/C(=C/c1ccc([N+](=O)[O-])o1)C2=O. The molecule has 22 heavy (non-hydrogen) atoms. The molecular formula is C15H11NO6. The minimum atomic E-state index is -0.636. The monoisotopic (exact) mass is 301 g/mol. The van der Waals surface area contributed by atoms with Crippen molar-refractivity contribution in [1.29, 1.82) is 0 Å². The normalized spacial score (nSPS) is 15.3. The molecule has 112 valence electrons. The lowest BCUT2D eigenvalue weighted by atomic mass is 9.99. The molecular weight excluding hydrogens is 290 g/mol. The fraction of sp³-hybridized carbons (Fsp3) is 0.133. The van der Waals surface area contributed by atoms with Crippen molar-refractivity contribution in [2.24, 2.45) is 0 Å². The van der Waals surface area contributed by atoms with Crippen molar-refractivity contribution in [3.05, 3.63) is 57.3 Å². The Bertz CT molecular complexity index is 789. The van der Waals surface area contributed by atoms with E-state index < -0.39 is 4.92 Å². The highest BCUT2D eigenvalue weighted by Crippen LogP contribution is 2.31. The van der Waals surface area contributed by atoms with E-state index in [2.05, 4.69) is 0 Å².